The molecule has 0 aliphatic carbocycles. The van der Waals surface area contributed by atoms with Crippen molar-refractivity contribution in [3.05, 3.63) is 28.4 Å². The summed E-state index contributed by atoms with van der Waals surface area (Å²) < 4.78 is 16.1. The molecule has 0 saturated carbocycles. The highest BCUT2D eigenvalue weighted by Crippen LogP contribution is 2.38. The van der Waals surface area contributed by atoms with Crippen LogP contribution in [0.1, 0.15) is 5.69 Å². The lowest BCUT2D eigenvalue weighted by molar-refractivity contribution is 0.174. The number of nitriles is 1. The summed E-state index contributed by atoms with van der Waals surface area (Å²) >= 11 is 3.28. The van der Waals surface area contributed by atoms with Gasteiger partial charge in [0.1, 0.15) is 10.5 Å². The van der Waals surface area contributed by atoms with Crippen LogP contribution in [0.15, 0.2) is 27.2 Å². The second-order valence-electron chi connectivity index (χ2n) is 3.35. The molecule has 0 N–H and O–H groups in total. The third kappa shape index (κ3) is 1.56. The maximum Gasteiger partial charge on any atom is 0.231 e. The van der Waals surface area contributed by atoms with Crippen LogP contribution in [0.3, 0.4) is 0 Å². The number of hydrogen-bond donors (Lipinski definition) is 0. The summed E-state index contributed by atoms with van der Waals surface area (Å²) in [6, 6.07) is 7.33. The first-order valence-corrected chi connectivity index (χ1v) is 5.54. The Labute approximate surface area is 105 Å². The van der Waals surface area contributed by atoms with Crippen molar-refractivity contribution in [2.45, 2.75) is 0 Å². The van der Waals surface area contributed by atoms with Gasteiger partial charge in [0.05, 0.1) is 0 Å². The zero-order valence-electron chi connectivity index (χ0n) is 8.44. The van der Waals surface area contributed by atoms with E-state index < -0.39 is 0 Å². The van der Waals surface area contributed by atoms with E-state index in [9.17, 15) is 0 Å². The molecule has 0 spiro atoms. The maximum atomic E-state index is 8.79. The number of ether oxygens (including phenoxy) is 2. The lowest BCUT2D eigenvalue weighted by atomic mass is 10.1. The zero-order valence-corrected chi connectivity index (χ0v) is 10.0. The molecule has 3 rings (SSSR count). The third-order valence-electron chi connectivity index (χ3n) is 2.38. The summed E-state index contributed by atoms with van der Waals surface area (Å²) in [6.45, 7) is 0.222. The van der Waals surface area contributed by atoms with Crippen molar-refractivity contribution >= 4 is 15.9 Å². The standard InChI is InChI=1S/C11H5BrN2O3/c12-10-7(4-13)14-17-11(10)6-1-2-8-9(3-6)16-5-15-8/h1-3H,5H2. The van der Waals surface area contributed by atoms with Crippen LogP contribution in [-0.2, 0) is 0 Å². The largest absolute Gasteiger partial charge is 0.454 e. The highest BCUT2D eigenvalue weighted by Gasteiger charge is 2.19. The fraction of sp³-hybridized carbons (Fsp3) is 0.0909. The molecule has 1 aliphatic heterocycles. The molecule has 1 aromatic carbocycles. The lowest BCUT2D eigenvalue weighted by Gasteiger charge is -1.99. The highest BCUT2D eigenvalue weighted by molar-refractivity contribution is 9.10. The van der Waals surface area contributed by atoms with E-state index in [-0.39, 0.29) is 12.5 Å². The first kappa shape index (κ1) is 10.2. The smallest absolute Gasteiger partial charge is 0.231 e. The van der Waals surface area contributed by atoms with Crippen LogP contribution in [0.5, 0.6) is 11.5 Å². The molecule has 0 saturated heterocycles. The Morgan fingerprint density at radius 3 is 2.88 bits per heavy atom. The highest BCUT2D eigenvalue weighted by atomic mass is 79.9. The first-order valence-electron chi connectivity index (χ1n) is 4.75. The Kier molecular flexibility index (Phi) is 2.27. The minimum absolute atomic E-state index is 0.220. The number of nitrogens with zero attached hydrogens (tertiary/aromatic N) is 2. The van der Waals surface area contributed by atoms with E-state index in [1.165, 1.54) is 0 Å². The molecule has 1 aromatic heterocycles. The van der Waals surface area contributed by atoms with E-state index in [1.807, 2.05) is 12.1 Å². The molecular formula is C11H5BrN2O3. The van der Waals surface area contributed by atoms with E-state index in [1.54, 1.807) is 12.1 Å². The number of hydrogen-bond acceptors (Lipinski definition) is 5. The van der Waals surface area contributed by atoms with Gasteiger partial charge in [-0.1, -0.05) is 5.16 Å². The van der Waals surface area contributed by atoms with Gasteiger partial charge in [-0.2, -0.15) is 5.26 Å². The molecular weight excluding hydrogens is 288 g/mol. The van der Waals surface area contributed by atoms with Gasteiger partial charge in [0.2, 0.25) is 6.79 Å². The number of aromatic nitrogens is 1. The van der Waals surface area contributed by atoms with Gasteiger partial charge in [-0.25, -0.2) is 0 Å². The quantitative estimate of drug-likeness (QED) is 0.808. The van der Waals surface area contributed by atoms with Gasteiger partial charge >= 0.3 is 0 Å². The second-order valence-corrected chi connectivity index (χ2v) is 4.15. The van der Waals surface area contributed by atoms with Gasteiger partial charge in [-0.05, 0) is 34.1 Å². The van der Waals surface area contributed by atoms with Gasteiger partial charge < -0.3 is 14.0 Å². The van der Waals surface area contributed by atoms with Crippen LogP contribution >= 0.6 is 15.9 Å². The predicted molar refractivity (Wildman–Crippen MR) is 60.5 cm³/mol. The molecule has 17 heavy (non-hydrogen) atoms. The van der Waals surface area contributed by atoms with Gasteiger partial charge in [0.25, 0.3) is 0 Å². The molecule has 84 valence electrons. The molecule has 0 radical (unpaired) electrons. The summed E-state index contributed by atoms with van der Waals surface area (Å²) in [6.07, 6.45) is 0. The molecule has 6 heteroatoms. The molecule has 0 fully saturated rings. The monoisotopic (exact) mass is 292 g/mol. The molecule has 2 heterocycles. The van der Waals surface area contributed by atoms with Crippen molar-refractivity contribution in [3.63, 3.8) is 0 Å². The molecule has 5 nitrogen and oxygen atoms in total. The molecule has 0 bridgehead atoms. The van der Waals surface area contributed by atoms with Crippen LogP contribution in [0, 0.1) is 11.3 Å². The SMILES string of the molecule is N#Cc1noc(-c2ccc3c(c2)OCO3)c1Br. The fourth-order valence-electron chi connectivity index (χ4n) is 1.57. The summed E-state index contributed by atoms with van der Waals surface area (Å²) in [4.78, 5) is 0. The summed E-state index contributed by atoms with van der Waals surface area (Å²) in [5.41, 5.74) is 0.993. The van der Waals surface area contributed by atoms with Gasteiger partial charge in [0, 0.05) is 5.56 Å². The van der Waals surface area contributed by atoms with E-state index in [0.717, 1.165) is 5.56 Å². The van der Waals surface area contributed by atoms with Crippen molar-refractivity contribution < 1.29 is 14.0 Å². The topological polar surface area (TPSA) is 68.3 Å². The Morgan fingerprint density at radius 1 is 1.29 bits per heavy atom. The number of benzene rings is 1. The fourth-order valence-corrected chi connectivity index (χ4v) is 2.03. The third-order valence-corrected chi connectivity index (χ3v) is 3.11. The van der Waals surface area contributed by atoms with Crippen LogP contribution in [0.25, 0.3) is 11.3 Å². The minimum atomic E-state index is 0.220. The van der Waals surface area contributed by atoms with Crippen LogP contribution in [-0.4, -0.2) is 11.9 Å². The number of rotatable bonds is 1. The zero-order chi connectivity index (χ0) is 11.8. The van der Waals surface area contributed by atoms with Crippen molar-refractivity contribution in [1.29, 1.82) is 5.26 Å². The first-order chi connectivity index (χ1) is 8.29. The average molecular weight is 293 g/mol. The van der Waals surface area contributed by atoms with Gasteiger partial charge in [-0.15, -0.1) is 0 Å². The van der Waals surface area contributed by atoms with Gasteiger partial charge in [0.15, 0.2) is 23.0 Å². The molecule has 0 amide bonds. The summed E-state index contributed by atoms with van der Waals surface area (Å²) in [7, 11) is 0. The normalized spacial score (nSPS) is 12.5. The molecule has 1 aliphatic rings. The van der Waals surface area contributed by atoms with Crippen molar-refractivity contribution in [1.82, 2.24) is 5.16 Å². The Morgan fingerprint density at radius 2 is 2.12 bits per heavy atom. The van der Waals surface area contributed by atoms with Crippen LogP contribution in [0.2, 0.25) is 0 Å². The van der Waals surface area contributed by atoms with E-state index in [4.69, 9.17) is 19.3 Å². The Balaban J connectivity index is 2.10. The summed E-state index contributed by atoms with van der Waals surface area (Å²) in [5.74, 6) is 1.86. The van der Waals surface area contributed by atoms with Crippen LogP contribution < -0.4 is 9.47 Å². The predicted octanol–water partition coefficient (Wildman–Crippen LogP) is 2.70. The summed E-state index contributed by atoms with van der Waals surface area (Å²) in [5, 5.41) is 12.4. The molecule has 2 aromatic rings. The minimum Gasteiger partial charge on any atom is -0.454 e. The van der Waals surface area contributed by atoms with E-state index >= 15 is 0 Å². The molecule has 0 atom stereocenters. The maximum absolute atomic E-state index is 8.79. The van der Waals surface area contributed by atoms with E-state index in [2.05, 4.69) is 21.1 Å². The Hall–Kier alpha value is -2.00. The second kappa shape index (κ2) is 3.79. The van der Waals surface area contributed by atoms with Gasteiger partial charge in [-0.3, -0.25) is 0 Å². The van der Waals surface area contributed by atoms with Crippen LogP contribution in [0.4, 0.5) is 0 Å². The van der Waals surface area contributed by atoms with Crippen molar-refractivity contribution in [2.24, 2.45) is 0 Å². The number of fused-ring (bicyclic) bond motifs is 1. The van der Waals surface area contributed by atoms with E-state index in [0.29, 0.717) is 21.7 Å². The van der Waals surface area contributed by atoms with Crippen molar-refractivity contribution in [2.75, 3.05) is 6.79 Å². The molecule has 0 unspecified atom stereocenters. The average Bonchev–Trinajstić information content (AvgIpc) is 2.94. The number of halogens is 1. The van der Waals surface area contributed by atoms with Crippen molar-refractivity contribution in [3.8, 4) is 28.9 Å². The lowest BCUT2D eigenvalue weighted by Crippen LogP contribution is -1.92. The Bertz CT molecular complexity index is 630.